The topological polar surface area (TPSA) is 54.3 Å². The summed E-state index contributed by atoms with van der Waals surface area (Å²) < 4.78 is 25.5. The van der Waals surface area contributed by atoms with Gasteiger partial charge in [-0.3, -0.25) is 14.7 Å². The molecule has 0 radical (unpaired) electrons. The average molecular weight is 335 g/mol. The molecular weight excluding hydrogens is 316 g/mol. The Kier molecular flexibility index (Phi) is 5.14. The minimum Gasteiger partial charge on any atom is -0.368 e. The maximum atomic E-state index is 12.4. The number of nitrogens with zero attached hydrogens (tertiary/aromatic N) is 5. The number of piperazine rings is 1. The molecule has 0 saturated carbocycles. The molecule has 0 amide bonds. The predicted octanol–water partition coefficient (Wildman–Crippen LogP) is 1.23. The van der Waals surface area contributed by atoms with Gasteiger partial charge < -0.3 is 4.90 Å². The van der Waals surface area contributed by atoms with Crippen LogP contribution in [0.25, 0.3) is 0 Å². The van der Waals surface area contributed by atoms with E-state index in [1.165, 1.54) is 12.3 Å². The van der Waals surface area contributed by atoms with E-state index in [0.717, 1.165) is 43.1 Å². The number of hydrogen-bond donors (Lipinski definition) is 0. The van der Waals surface area contributed by atoms with Crippen molar-refractivity contribution in [1.29, 1.82) is 0 Å². The number of pyridine rings is 1. The number of aromatic nitrogens is 3. The van der Waals surface area contributed by atoms with Crippen LogP contribution in [0.1, 0.15) is 5.69 Å². The molecule has 8 heteroatoms. The highest BCUT2D eigenvalue weighted by atomic mass is 19.3. The summed E-state index contributed by atoms with van der Waals surface area (Å²) in [7, 11) is 0. The van der Waals surface area contributed by atoms with Crippen molar-refractivity contribution in [3.63, 3.8) is 0 Å². The van der Waals surface area contributed by atoms with E-state index in [9.17, 15) is 13.6 Å². The molecule has 0 aromatic carbocycles. The number of halogens is 2. The minimum absolute atomic E-state index is 0.497. The summed E-state index contributed by atoms with van der Waals surface area (Å²) in [6, 6.07) is 7.24. The van der Waals surface area contributed by atoms with Crippen LogP contribution in [0.15, 0.2) is 41.5 Å². The van der Waals surface area contributed by atoms with E-state index in [4.69, 9.17) is 0 Å². The fourth-order valence-electron chi connectivity index (χ4n) is 2.75. The number of alkyl halides is 2. The van der Waals surface area contributed by atoms with Gasteiger partial charge in [-0.15, -0.1) is 0 Å². The summed E-state index contributed by atoms with van der Waals surface area (Å²) in [6.45, 7) is 3.33. The second kappa shape index (κ2) is 7.48. The smallest absolute Gasteiger partial charge is 0.269 e. The fraction of sp³-hybridized carbons (Fsp3) is 0.438. The Morgan fingerprint density at radius 3 is 2.58 bits per heavy atom. The van der Waals surface area contributed by atoms with Gasteiger partial charge in [0.15, 0.2) is 0 Å². The van der Waals surface area contributed by atoms with Crippen molar-refractivity contribution in [3.8, 4) is 0 Å². The molecule has 0 unspecified atom stereocenters. The molecule has 2 aromatic heterocycles. The highest BCUT2D eigenvalue weighted by molar-refractivity contribution is 5.43. The van der Waals surface area contributed by atoms with Gasteiger partial charge in [0.1, 0.15) is 6.54 Å². The normalized spacial score (nSPS) is 15.9. The van der Waals surface area contributed by atoms with Gasteiger partial charge in [0, 0.05) is 45.0 Å². The number of hydrogen-bond acceptors (Lipinski definition) is 5. The van der Waals surface area contributed by atoms with Gasteiger partial charge in [0.25, 0.3) is 12.0 Å². The average Bonchev–Trinajstić information content (AvgIpc) is 2.58. The zero-order chi connectivity index (χ0) is 16.9. The quantitative estimate of drug-likeness (QED) is 0.823. The lowest BCUT2D eigenvalue weighted by Gasteiger charge is -2.35. The molecule has 1 aliphatic heterocycles. The van der Waals surface area contributed by atoms with Crippen molar-refractivity contribution in [2.45, 2.75) is 19.5 Å². The molecule has 1 saturated heterocycles. The van der Waals surface area contributed by atoms with Crippen LogP contribution in [0, 0.1) is 0 Å². The maximum Gasteiger partial charge on any atom is 0.269 e. The van der Waals surface area contributed by atoms with Crippen molar-refractivity contribution in [2.75, 3.05) is 31.1 Å². The Labute approximate surface area is 138 Å². The molecule has 128 valence electrons. The molecule has 1 fully saturated rings. The van der Waals surface area contributed by atoms with E-state index < -0.39 is 18.5 Å². The third-order valence-electron chi connectivity index (χ3n) is 4.02. The molecule has 0 aliphatic carbocycles. The first-order chi connectivity index (χ1) is 11.6. The van der Waals surface area contributed by atoms with E-state index in [1.54, 1.807) is 6.20 Å². The largest absolute Gasteiger partial charge is 0.368 e. The predicted molar refractivity (Wildman–Crippen MR) is 86.2 cm³/mol. The lowest BCUT2D eigenvalue weighted by molar-refractivity contribution is 0.119. The van der Waals surface area contributed by atoms with E-state index >= 15 is 0 Å². The second-order valence-electron chi connectivity index (χ2n) is 5.71. The molecule has 3 heterocycles. The summed E-state index contributed by atoms with van der Waals surface area (Å²) in [6.07, 6.45) is 0.681. The molecular formula is C16H19F2N5O. The van der Waals surface area contributed by atoms with Gasteiger partial charge in [-0.2, -0.15) is 5.10 Å². The summed E-state index contributed by atoms with van der Waals surface area (Å²) in [5, 5.41) is 3.84. The van der Waals surface area contributed by atoms with Gasteiger partial charge in [0.05, 0.1) is 17.6 Å². The van der Waals surface area contributed by atoms with E-state index in [2.05, 4.69) is 19.9 Å². The SMILES string of the molecule is O=c1cc(N2CCN(Cc3ccccn3)CC2)cnn1CC(F)F. The van der Waals surface area contributed by atoms with Crippen LogP contribution in [0.5, 0.6) is 0 Å². The summed E-state index contributed by atoms with van der Waals surface area (Å²) in [4.78, 5) is 20.5. The van der Waals surface area contributed by atoms with Crippen LogP contribution in [-0.4, -0.2) is 52.3 Å². The van der Waals surface area contributed by atoms with Crippen LogP contribution < -0.4 is 10.5 Å². The zero-order valence-electron chi connectivity index (χ0n) is 13.2. The third-order valence-corrected chi connectivity index (χ3v) is 4.02. The van der Waals surface area contributed by atoms with Crippen molar-refractivity contribution >= 4 is 5.69 Å². The second-order valence-corrected chi connectivity index (χ2v) is 5.71. The third kappa shape index (κ3) is 4.14. The van der Waals surface area contributed by atoms with E-state index in [1.807, 2.05) is 18.2 Å². The maximum absolute atomic E-state index is 12.4. The van der Waals surface area contributed by atoms with Gasteiger partial charge in [-0.25, -0.2) is 13.5 Å². The summed E-state index contributed by atoms with van der Waals surface area (Å²) >= 11 is 0. The van der Waals surface area contributed by atoms with Crippen LogP contribution in [-0.2, 0) is 13.1 Å². The molecule has 0 bridgehead atoms. The molecule has 24 heavy (non-hydrogen) atoms. The van der Waals surface area contributed by atoms with Crippen molar-refractivity contribution in [1.82, 2.24) is 19.7 Å². The summed E-state index contributed by atoms with van der Waals surface area (Å²) in [5.41, 5.74) is 1.22. The standard InChI is InChI=1S/C16H19F2N5O/c17-15(18)12-23-16(24)9-14(10-20-23)22-7-5-21(6-8-22)11-13-3-1-2-4-19-13/h1-4,9-10,15H,5-8,11-12H2. The minimum atomic E-state index is -2.59. The lowest BCUT2D eigenvalue weighted by Crippen LogP contribution is -2.46. The monoisotopic (exact) mass is 335 g/mol. The van der Waals surface area contributed by atoms with Crippen molar-refractivity contribution in [3.05, 3.63) is 52.7 Å². The number of anilines is 1. The Hall–Kier alpha value is -2.35. The lowest BCUT2D eigenvalue weighted by atomic mass is 10.2. The van der Waals surface area contributed by atoms with E-state index in [-0.39, 0.29) is 0 Å². The van der Waals surface area contributed by atoms with Gasteiger partial charge >= 0.3 is 0 Å². The van der Waals surface area contributed by atoms with Gasteiger partial charge in [-0.05, 0) is 12.1 Å². The Bertz CT molecular complexity index is 714. The highest BCUT2D eigenvalue weighted by Crippen LogP contribution is 2.14. The zero-order valence-corrected chi connectivity index (χ0v) is 13.2. The fourth-order valence-corrected chi connectivity index (χ4v) is 2.75. The van der Waals surface area contributed by atoms with Gasteiger partial charge in [-0.1, -0.05) is 6.07 Å². The Morgan fingerprint density at radius 1 is 1.17 bits per heavy atom. The molecule has 0 atom stereocenters. The molecule has 1 aliphatic rings. The first-order valence-electron chi connectivity index (χ1n) is 7.84. The van der Waals surface area contributed by atoms with Crippen LogP contribution in [0.2, 0.25) is 0 Å². The van der Waals surface area contributed by atoms with Crippen LogP contribution in [0.4, 0.5) is 14.5 Å². The van der Waals surface area contributed by atoms with Gasteiger partial charge in [0.2, 0.25) is 0 Å². The Morgan fingerprint density at radius 2 is 1.96 bits per heavy atom. The molecule has 2 aromatic rings. The molecule has 0 N–H and O–H groups in total. The molecule has 3 rings (SSSR count). The summed E-state index contributed by atoms with van der Waals surface area (Å²) in [5.74, 6) is 0. The first-order valence-corrected chi connectivity index (χ1v) is 7.84. The van der Waals surface area contributed by atoms with Crippen molar-refractivity contribution in [2.24, 2.45) is 0 Å². The van der Waals surface area contributed by atoms with Crippen LogP contribution in [0.3, 0.4) is 0 Å². The Balaban J connectivity index is 1.58. The van der Waals surface area contributed by atoms with Crippen molar-refractivity contribution < 1.29 is 8.78 Å². The molecule has 6 nitrogen and oxygen atoms in total. The number of rotatable bonds is 5. The highest BCUT2D eigenvalue weighted by Gasteiger charge is 2.19. The first kappa shape index (κ1) is 16.5. The van der Waals surface area contributed by atoms with E-state index in [0.29, 0.717) is 5.69 Å². The van der Waals surface area contributed by atoms with Crippen LogP contribution >= 0.6 is 0 Å². The molecule has 0 spiro atoms.